The molecule has 0 atom stereocenters. The Labute approximate surface area is 100 Å². The van der Waals surface area contributed by atoms with Crippen molar-refractivity contribution in [2.45, 2.75) is 6.54 Å². The number of pyridine rings is 1. The van der Waals surface area contributed by atoms with E-state index < -0.39 is 0 Å². The number of hydrogen-bond acceptors (Lipinski definition) is 3. The maximum absolute atomic E-state index is 11.4. The fourth-order valence-corrected chi connectivity index (χ4v) is 1.59. The van der Waals surface area contributed by atoms with Gasteiger partial charge in [0.1, 0.15) is 0 Å². The summed E-state index contributed by atoms with van der Waals surface area (Å²) in [5.74, 6) is 0.0708. The largest absolute Gasteiger partial charge is 0.348 e. The summed E-state index contributed by atoms with van der Waals surface area (Å²) < 4.78 is 1.82. The van der Waals surface area contributed by atoms with Crippen LogP contribution in [0, 0.1) is 0 Å². The van der Waals surface area contributed by atoms with Crippen molar-refractivity contribution in [2.24, 2.45) is 0 Å². The van der Waals surface area contributed by atoms with E-state index in [0.29, 0.717) is 13.1 Å². The topological polar surface area (TPSA) is 49.6 Å². The highest BCUT2D eigenvalue weighted by Crippen LogP contribution is 2.08. The SMILES string of the molecule is CN(C)C(=O)CNCc1cnn2ccccc12. The molecule has 0 unspecified atom stereocenters. The predicted octanol–water partition coefficient (Wildman–Crippen LogP) is 0.512. The fourth-order valence-electron chi connectivity index (χ4n) is 1.59. The zero-order valence-corrected chi connectivity index (χ0v) is 10.1. The van der Waals surface area contributed by atoms with Crippen molar-refractivity contribution in [1.82, 2.24) is 19.8 Å². The molecule has 17 heavy (non-hydrogen) atoms. The maximum Gasteiger partial charge on any atom is 0.236 e. The van der Waals surface area contributed by atoms with Gasteiger partial charge in [0.15, 0.2) is 0 Å². The summed E-state index contributed by atoms with van der Waals surface area (Å²) in [5.41, 5.74) is 2.16. The molecule has 0 aliphatic rings. The van der Waals surface area contributed by atoms with E-state index in [1.54, 1.807) is 19.0 Å². The Morgan fingerprint density at radius 3 is 3.06 bits per heavy atom. The first-order valence-corrected chi connectivity index (χ1v) is 5.50. The van der Waals surface area contributed by atoms with Gasteiger partial charge >= 0.3 is 0 Å². The lowest BCUT2D eigenvalue weighted by Crippen LogP contribution is -2.32. The first-order valence-electron chi connectivity index (χ1n) is 5.50. The average molecular weight is 232 g/mol. The minimum Gasteiger partial charge on any atom is -0.348 e. The summed E-state index contributed by atoms with van der Waals surface area (Å²) in [5, 5.41) is 7.35. The molecule has 0 saturated carbocycles. The summed E-state index contributed by atoms with van der Waals surface area (Å²) in [6.07, 6.45) is 3.73. The standard InChI is InChI=1S/C12H16N4O/c1-15(2)12(17)9-13-7-10-8-14-16-6-4-3-5-11(10)16/h3-6,8,13H,7,9H2,1-2H3. The van der Waals surface area contributed by atoms with E-state index in [0.717, 1.165) is 11.1 Å². The van der Waals surface area contributed by atoms with Crippen molar-refractivity contribution < 1.29 is 4.79 Å². The summed E-state index contributed by atoms with van der Waals surface area (Å²) in [6.45, 7) is 0.990. The van der Waals surface area contributed by atoms with Gasteiger partial charge in [-0.2, -0.15) is 5.10 Å². The van der Waals surface area contributed by atoms with Crippen LogP contribution in [0.3, 0.4) is 0 Å². The Hall–Kier alpha value is -1.88. The molecular weight excluding hydrogens is 216 g/mol. The first kappa shape index (κ1) is 11.6. The third-order valence-corrected chi connectivity index (χ3v) is 2.60. The lowest BCUT2D eigenvalue weighted by atomic mass is 10.2. The summed E-state index contributed by atoms with van der Waals surface area (Å²) in [6, 6.07) is 5.93. The average Bonchev–Trinajstić information content (AvgIpc) is 2.72. The molecule has 1 amide bonds. The van der Waals surface area contributed by atoms with Crippen molar-refractivity contribution in [3.63, 3.8) is 0 Å². The Kier molecular flexibility index (Phi) is 3.39. The molecule has 2 rings (SSSR count). The molecule has 5 nitrogen and oxygen atoms in total. The quantitative estimate of drug-likeness (QED) is 0.835. The van der Waals surface area contributed by atoms with Gasteiger partial charge in [0.2, 0.25) is 5.91 Å². The van der Waals surface area contributed by atoms with Gasteiger partial charge in [-0.1, -0.05) is 6.07 Å². The van der Waals surface area contributed by atoms with Crippen molar-refractivity contribution in [3.05, 3.63) is 36.2 Å². The maximum atomic E-state index is 11.4. The molecule has 2 aromatic rings. The predicted molar refractivity (Wildman–Crippen MR) is 65.6 cm³/mol. The number of carbonyl (C=O) groups excluding carboxylic acids is 1. The highest BCUT2D eigenvalue weighted by Gasteiger charge is 2.05. The third kappa shape index (κ3) is 2.62. The number of amides is 1. The lowest BCUT2D eigenvalue weighted by Gasteiger charge is -2.10. The number of hydrogen-bond donors (Lipinski definition) is 1. The number of fused-ring (bicyclic) bond motifs is 1. The van der Waals surface area contributed by atoms with Crippen LogP contribution in [0.1, 0.15) is 5.56 Å². The van der Waals surface area contributed by atoms with Crippen LogP contribution in [0.4, 0.5) is 0 Å². The van der Waals surface area contributed by atoms with Gasteiger partial charge < -0.3 is 10.2 Å². The monoisotopic (exact) mass is 232 g/mol. The number of nitrogens with zero attached hydrogens (tertiary/aromatic N) is 3. The van der Waals surface area contributed by atoms with Gasteiger partial charge in [0, 0.05) is 32.4 Å². The Bertz CT molecular complexity index is 518. The van der Waals surface area contributed by atoms with Crippen LogP contribution in [-0.2, 0) is 11.3 Å². The van der Waals surface area contributed by atoms with E-state index in [1.165, 1.54) is 0 Å². The molecule has 0 saturated heterocycles. The molecule has 0 aromatic carbocycles. The minimum absolute atomic E-state index is 0.0708. The summed E-state index contributed by atoms with van der Waals surface area (Å²) in [4.78, 5) is 13.0. The number of nitrogens with one attached hydrogen (secondary N) is 1. The van der Waals surface area contributed by atoms with Crippen LogP contribution in [0.2, 0.25) is 0 Å². The van der Waals surface area contributed by atoms with Gasteiger partial charge in [-0.25, -0.2) is 4.52 Å². The molecule has 90 valence electrons. The molecule has 0 aliphatic carbocycles. The van der Waals surface area contributed by atoms with E-state index in [1.807, 2.05) is 35.1 Å². The Morgan fingerprint density at radius 1 is 1.47 bits per heavy atom. The van der Waals surface area contributed by atoms with Gasteiger partial charge in [0.25, 0.3) is 0 Å². The van der Waals surface area contributed by atoms with Gasteiger partial charge in [-0.15, -0.1) is 0 Å². The van der Waals surface area contributed by atoms with E-state index >= 15 is 0 Å². The molecule has 0 radical (unpaired) electrons. The lowest BCUT2D eigenvalue weighted by molar-refractivity contribution is -0.127. The second kappa shape index (κ2) is 4.97. The van der Waals surface area contributed by atoms with Crippen molar-refractivity contribution in [2.75, 3.05) is 20.6 Å². The van der Waals surface area contributed by atoms with Crippen molar-refractivity contribution in [1.29, 1.82) is 0 Å². The van der Waals surface area contributed by atoms with E-state index in [4.69, 9.17) is 0 Å². The van der Waals surface area contributed by atoms with Crippen molar-refractivity contribution in [3.8, 4) is 0 Å². The second-order valence-electron chi connectivity index (χ2n) is 4.09. The Morgan fingerprint density at radius 2 is 2.29 bits per heavy atom. The Balaban J connectivity index is 1.98. The molecule has 2 aromatic heterocycles. The van der Waals surface area contributed by atoms with Crippen LogP contribution in [0.25, 0.3) is 5.52 Å². The molecule has 5 heteroatoms. The number of rotatable bonds is 4. The molecule has 0 fully saturated rings. The van der Waals surface area contributed by atoms with Crippen molar-refractivity contribution >= 4 is 11.4 Å². The highest BCUT2D eigenvalue weighted by atomic mass is 16.2. The van der Waals surface area contributed by atoms with E-state index in [-0.39, 0.29) is 5.91 Å². The van der Waals surface area contributed by atoms with Crippen LogP contribution >= 0.6 is 0 Å². The zero-order chi connectivity index (χ0) is 12.3. The number of aromatic nitrogens is 2. The normalized spacial score (nSPS) is 10.7. The van der Waals surface area contributed by atoms with E-state index in [9.17, 15) is 4.79 Å². The molecule has 0 bridgehead atoms. The third-order valence-electron chi connectivity index (χ3n) is 2.60. The smallest absolute Gasteiger partial charge is 0.236 e. The number of carbonyl (C=O) groups is 1. The second-order valence-corrected chi connectivity index (χ2v) is 4.09. The van der Waals surface area contributed by atoms with Crippen LogP contribution < -0.4 is 5.32 Å². The van der Waals surface area contributed by atoms with Gasteiger partial charge in [-0.3, -0.25) is 4.79 Å². The number of likely N-dealkylation sites (N-methyl/N-ethyl adjacent to an activating group) is 1. The van der Waals surface area contributed by atoms with Crippen LogP contribution in [0.15, 0.2) is 30.6 Å². The molecule has 0 aliphatic heterocycles. The summed E-state index contributed by atoms with van der Waals surface area (Å²) in [7, 11) is 3.50. The van der Waals surface area contributed by atoms with E-state index in [2.05, 4.69) is 10.4 Å². The first-order chi connectivity index (χ1) is 8.18. The molecule has 0 spiro atoms. The van der Waals surface area contributed by atoms with Crippen LogP contribution in [0.5, 0.6) is 0 Å². The fraction of sp³-hybridized carbons (Fsp3) is 0.333. The molecule has 2 heterocycles. The van der Waals surface area contributed by atoms with Gasteiger partial charge in [0.05, 0.1) is 18.3 Å². The highest BCUT2D eigenvalue weighted by molar-refractivity contribution is 5.77. The molecular formula is C12H16N4O. The minimum atomic E-state index is 0.0708. The van der Waals surface area contributed by atoms with Crippen LogP contribution in [-0.4, -0.2) is 41.1 Å². The summed E-state index contributed by atoms with van der Waals surface area (Å²) >= 11 is 0. The molecule has 1 N–H and O–H groups in total. The zero-order valence-electron chi connectivity index (χ0n) is 10.1. The van der Waals surface area contributed by atoms with Gasteiger partial charge in [-0.05, 0) is 12.1 Å².